The van der Waals surface area contributed by atoms with E-state index in [0.29, 0.717) is 17.0 Å². The lowest BCUT2D eigenvalue weighted by Crippen LogP contribution is -2.21. The van der Waals surface area contributed by atoms with Crippen LogP contribution in [0.2, 0.25) is 5.02 Å². The first kappa shape index (κ1) is 24.5. The molecule has 0 fully saturated rings. The average Bonchev–Trinajstić information content (AvgIpc) is 3.26. The standard InChI is InChI=1S/C24H19ClF3N3O4/c25-13-7-8-17(19(9-13)24(26,27)28)22-30-20-6-2-5-18(21(20)31-22)23(34)29-14-3-1-4-16(10-14)35-12-15(33)11-32/h1-10,15,32-33H,11-12H2,(H,29,34)(H,30,31). The normalized spacial score (nSPS) is 12.5. The molecule has 1 amide bonds. The summed E-state index contributed by atoms with van der Waals surface area (Å²) in [4.78, 5) is 20.1. The molecule has 4 rings (SSSR count). The van der Waals surface area contributed by atoms with E-state index in [1.54, 1.807) is 30.3 Å². The summed E-state index contributed by atoms with van der Waals surface area (Å²) in [7, 11) is 0. The van der Waals surface area contributed by atoms with Gasteiger partial charge in [-0.25, -0.2) is 4.98 Å². The number of carbonyl (C=O) groups is 1. The zero-order chi connectivity index (χ0) is 25.2. The van der Waals surface area contributed by atoms with E-state index in [1.807, 2.05) is 0 Å². The summed E-state index contributed by atoms with van der Waals surface area (Å²) in [6.45, 7) is -0.583. The first-order valence-corrected chi connectivity index (χ1v) is 10.7. The van der Waals surface area contributed by atoms with Crippen molar-refractivity contribution in [3.05, 3.63) is 76.8 Å². The number of H-pyrrole nitrogens is 1. The number of amides is 1. The number of ether oxygens (including phenoxy) is 1. The SMILES string of the molecule is O=C(Nc1cccc(OCC(O)CO)c1)c1cccc2[nH]c(-c3ccc(Cl)cc3C(F)(F)F)nc12. The molecule has 4 N–H and O–H groups in total. The molecule has 0 radical (unpaired) electrons. The van der Waals surface area contributed by atoms with Crippen LogP contribution in [0.4, 0.5) is 18.9 Å². The monoisotopic (exact) mass is 505 g/mol. The van der Waals surface area contributed by atoms with Gasteiger partial charge in [0.25, 0.3) is 5.91 Å². The number of hydrogen-bond acceptors (Lipinski definition) is 5. The molecule has 0 bridgehead atoms. The van der Waals surface area contributed by atoms with Gasteiger partial charge in [-0.05, 0) is 42.5 Å². The first-order valence-electron chi connectivity index (χ1n) is 10.3. The van der Waals surface area contributed by atoms with Gasteiger partial charge < -0.3 is 25.3 Å². The van der Waals surface area contributed by atoms with Crippen LogP contribution in [-0.2, 0) is 6.18 Å². The molecule has 1 unspecified atom stereocenters. The van der Waals surface area contributed by atoms with Crippen LogP contribution in [-0.4, -0.2) is 45.4 Å². The van der Waals surface area contributed by atoms with Crippen molar-refractivity contribution in [1.82, 2.24) is 9.97 Å². The number of fused-ring (bicyclic) bond motifs is 1. The van der Waals surface area contributed by atoms with Crippen LogP contribution in [0.15, 0.2) is 60.7 Å². The van der Waals surface area contributed by atoms with Gasteiger partial charge in [0.2, 0.25) is 0 Å². The number of rotatable bonds is 7. The summed E-state index contributed by atoms with van der Waals surface area (Å²) in [6, 6.07) is 14.5. The van der Waals surface area contributed by atoms with Gasteiger partial charge in [0.1, 0.15) is 29.8 Å². The van der Waals surface area contributed by atoms with Crippen LogP contribution >= 0.6 is 11.6 Å². The molecule has 0 aliphatic heterocycles. The molecule has 3 aromatic carbocycles. The lowest BCUT2D eigenvalue weighted by atomic mass is 10.1. The minimum absolute atomic E-state index is 0.0536. The number of nitrogens with one attached hydrogen (secondary N) is 2. The highest BCUT2D eigenvalue weighted by Crippen LogP contribution is 2.38. The smallest absolute Gasteiger partial charge is 0.417 e. The predicted octanol–water partition coefficient (Wildman–Crippen LogP) is 4.89. The molecule has 0 aliphatic carbocycles. The second kappa shape index (κ2) is 9.95. The van der Waals surface area contributed by atoms with E-state index < -0.39 is 30.4 Å². The summed E-state index contributed by atoms with van der Waals surface area (Å²) < 4.78 is 46.1. The number of carbonyl (C=O) groups excluding carboxylic acids is 1. The van der Waals surface area contributed by atoms with E-state index in [0.717, 1.165) is 6.07 Å². The highest BCUT2D eigenvalue weighted by molar-refractivity contribution is 6.30. The molecular weight excluding hydrogens is 487 g/mol. The number of aromatic nitrogens is 2. The molecule has 1 atom stereocenters. The maximum absolute atomic E-state index is 13.6. The van der Waals surface area contributed by atoms with Crippen molar-refractivity contribution in [2.45, 2.75) is 12.3 Å². The van der Waals surface area contributed by atoms with Gasteiger partial charge in [-0.2, -0.15) is 13.2 Å². The van der Waals surface area contributed by atoms with E-state index in [9.17, 15) is 23.1 Å². The van der Waals surface area contributed by atoms with E-state index in [-0.39, 0.29) is 34.1 Å². The summed E-state index contributed by atoms with van der Waals surface area (Å²) >= 11 is 5.77. The number of nitrogens with zero attached hydrogens (tertiary/aromatic N) is 1. The number of para-hydroxylation sites is 1. The average molecular weight is 506 g/mol. The fourth-order valence-corrected chi connectivity index (χ4v) is 3.58. The van der Waals surface area contributed by atoms with Crippen molar-refractivity contribution in [3.8, 4) is 17.1 Å². The number of benzene rings is 3. The third kappa shape index (κ3) is 5.56. The van der Waals surface area contributed by atoms with Crippen molar-refractivity contribution in [2.24, 2.45) is 0 Å². The zero-order valence-electron chi connectivity index (χ0n) is 17.9. The van der Waals surface area contributed by atoms with Crippen molar-refractivity contribution in [1.29, 1.82) is 0 Å². The Morgan fingerprint density at radius 3 is 2.66 bits per heavy atom. The lowest BCUT2D eigenvalue weighted by Gasteiger charge is -2.11. The minimum Gasteiger partial charge on any atom is -0.491 e. The van der Waals surface area contributed by atoms with Crippen LogP contribution in [0, 0.1) is 0 Å². The van der Waals surface area contributed by atoms with Crippen LogP contribution in [0.1, 0.15) is 15.9 Å². The second-order valence-electron chi connectivity index (χ2n) is 7.60. The van der Waals surface area contributed by atoms with Crippen molar-refractivity contribution >= 4 is 34.2 Å². The number of hydrogen-bond donors (Lipinski definition) is 4. The number of aliphatic hydroxyl groups is 2. The Labute approximate surface area is 202 Å². The third-order valence-corrected chi connectivity index (χ3v) is 5.28. The largest absolute Gasteiger partial charge is 0.491 e. The van der Waals surface area contributed by atoms with E-state index in [1.165, 1.54) is 24.3 Å². The second-order valence-corrected chi connectivity index (χ2v) is 8.04. The van der Waals surface area contributed by atoms with Gasteiger partial charge in [0.15, 0.2) is 0 Å². The first-order chi connectivity index (χ1) is 16.7. The van der Waals surface area contributed by atoms with Gasteiger partial charge in [0.05, 0.1) is 23.3 Å². The number of alkyl halides is 3. The Hall–Kier alpha value is -3.60. The third-order valence-electron chi connectivity index (χ3n) is 5.04. The van der Waals surface area contributed by atoms with Gasteiger partial charge in [-0.1, -0.05) is 23.7 Å². The quantitative estimate of drug-likeness (QED) is 0.286. The molecular formula is C24H19ClF3N3O4. The number of anilines is 1. The topological polar surface area (TPSA) is 107 Å². The Balaban J connectivity index is 1.63. The Morgan fingerprint density at radius 2 is 1.91 bits per heavy atom. The molecule has 11 heteroatoms. The van der Waals surface area contributed by atoms with E-state index in [2.05, 4.69) is 15.3 Å². The fourth-order valence-electron chi connectivity index (χ4n) is 3.41. The molecule has 0 saturated carbocycles. The molecule has 0 saturated heterocycles. The lowest BCUT2D eigenvalue weighted by molar-refractivity contribution is -0.137. The maximum atomic E-state index is 13.6. The molecule has 0 spiro atoms. The summed E-state index contributed by atoms with van der Waals surface area (Å²) in [6.07, 6.45) is -5.70. The summed E-state index contributed by atoms with van der Waals surface area (Å²) in [5.41, 5.74) is -0.0322. The van der Waals surface area contributed by atoms with Gasteiger partial charge in [0, 0.05) is 22.3 Å². The van der Waals surface area contributed by atoms with Gasteiger partial charge in [-0.3, -0.25) is 4.79 Å². The van der Waals surface area contributed by atoms with Crippen LogP contribution in [0.3, 0.4) is 0 Å². The zero-order valence-corrected chi connectivity index (χ0v) is 18.7. The molecule has 182 valence electrons. The minimum atomic E-state index is -4.65. The Morgan fingerprint density at radius 1 is 1.14 bits per heavy atom. The highest BCUT2D eigenvalue weighted by Gasteiger charge is 2.35. The number of aromatic amines is 1. The number of aliphatic hydroxyl groups excluding tert-OH is 2. The molecule has 4 aromatic rings. The maximum Gasteiger partial charge on any atom is 0.417 e. The van der Waals surface area contributed by atoms with Crippen molar-refractivity contribution < 1.29 is 32.9 Å². The summed E-state index contributed by atoms with van der Waals surface area (Å²) in [5.74, 6) is -0.228. The molecule has 1 aromatic heterocycles. The molecule has 0 aliphatic rings. The molecule has 1 heterocycles. The van der Waals surface area contributed by atoms with E-state index >= 15 is 0 Å². The fraction of sp³-hybridized carbons (Fsp3) is 0.167. The molecule has 35 heavy (non-hydrogen) atoms. The molecule has 7 nitrogen and oxygen atoms in total. The van der Waals surface area contributed by atoms with Crippen molar-refractivity contribution in [2.75, 3.05) is 18.5 Å². The predicted molar refractivity (Wildman–Crippen MR) is 125 cm³/mol. The number of halogens is 4. The van der Waals surface area contributed by atoms with E-state index in [4.69, 9.17) is 21.4 Å². The van der Waals surface area contributed by atoms with Crippen LogP contribution in [0.5, 0.6) is 5.75 Å². The van der Waals surface area contributed by atoms with Gasteiger partial charge >= 0.3 is 6.18 Å². The highest BCUT2D eigenvalue weighted by atomic mass is 35.5. The number of imidazole rings is 1. The Bertz CT molecular complexity index is 1370. The van der Waals surface area contributed by atoms with Crippen LogP contribution < -0.4 is 10.1 Å². The van der Waals surface area contributed by atoms with Crippen LogP contribution in [0.25, 0.3) is 22.4 Å². The Kier molecular flexibility index (Phi) is 6.97. The van der Waals surface area contributed by atoms with Crippen molar-refractivity contribution in [3.63, 3.8) is 0 Å². The van der Waals surface area contributed by atoms with Gasteiger partial charge in [-0.15, -0.1) is 0 Å². The summed E-state index contributed by atoms with van der Waals surface area (Å²) in [5, 5.41) is 20.9.